The van der Waals surface area contributed by atoms with Crippen molar-refractivity contribution in [3.63, 3.8) is 0 Å². The summed E-state index contributed by atoms with van der Waals surface area (Å²) in [7, 11) is 4.80. The van der Waals surface area contributed by atoms with Crippen LogP contribution in [0.5, 0.6) is 5.75 Å². The van der Waals surface area contributed by atoms with Crippen LogP contribution in [0.2, 0.25) is 0 Å². The number of hydrogen-bond donors (Lipinski definition) is 1. The average molecular weight is 170 g/mol. The van der Waals surface area contributed by atoms with E-state index < -0.39 is 10.9 Å². The number of anilines is 1. The van der Waals surface area contributed by atoms with Crippen LogP contribution in [-0.4, -0.2) is 26.2 Å². The molecule has 0 radical (unpaired) electrons. The second kappa shape index (κ2) is 2.94. The molecular formula is C7H10N2O3. The monoisotopic (exact) mass is 170 g/mol. The Labute approximate surface area is 69.2 Å². The van der Waals surface area contributed by atoms with Gasteiger partial charge in [0.05, 0.1) is 7.11 Å². The highest BCUT2D eigenvalue weighted by Gasteiger charge is 2.21. The third kappa shape index (κ3) is 1.18. The molecule has 0 aliphatic heterocycles. The molecule has 5 nitrogen and oxygen atoms in total. The Morgan fingerprint density at radius 3 is 2.25 bits per heavy atom. The minimum atomic E-state index is -0.568. The van der Waals surface area contributed by atoms with Gasteiger partial charge in [-0.15, -0.1) is 0 Å². The van der Waals surface area contributed by atoms with E-state index in [-0.39, 0.29) is 11.4 Å². The molecule has 66 valence electrons. The van der Waals surface area contributed by atoms with Crippen LogP contribution in [0.15, 0.2) is 9.59 Å². The van der Waals surface area contributed by atoms with Gasteiger partial charge < -0.3 is 10.2 Å². The van der Waals surface area contributed by atoms with Crippen molar-refractivity contribution in [2.75, 3.05) is 26.6 Å². The Morgan fingerprint density at radius 1 is 1.25 bits per heavy atom. The number of methoxy groups -OCH3 is 1. The fourth-order valence-corrected chi connectivity index (χ4v) is 0.891. The molecule has 0 saturated heterocycles. The van der Waals surface area contributed by atoms with E-state index in [0.717, 1.165) is 0 Å². The normalized spacial score (nSPS) is 10.7. The molecule has 1 aromatic rings. The van der Waals surface area contributed by atoms with Gasteiger partial charge in [-0.2, -0.15) is 0 Å². The summed E-state index contributed by atoms with van der Waals surface area (Å²) in [4.78, 5) is 21.7. The number of rotatable bonds is 3. The summed E-state index contributed by atoms with van der Waals surface area (Å²) in [6, 6.07) is 0. The minimum absolute atomic E-state index is 0.105. The van der Waals surface area contributed by atoms with Crippen molar-refractivity contribution >= 4 is 5.69 Å². The second-order valence-electron chi connectivity index (χ2n) is 2.57. The van der Waals surface area contributed by atoms with Crippen molar-refractivity contribution in [1.82, 2.24) is 5.01 Å². The van der Waals surface area contributed by atoms with Crippen molar-refractivity contribution in [3.05, 3.63) is 20.4 Å². The molecule has 0 aliphatic carbocycles. The molecule has 12 heavy (non-hydrogen) atoms. The molecule has 5 heteroatoms. The Balaban J connectivity index is 2.94. The Hall–Kier alpha value is -1.36. The molecule has 0 fully saturated rings. The molecule has 1 N–H and O–H groups in total. The first kappa shape index (κ1) is 8.73. The summed E-state index contributed by atoms with van der Waals surface area (Å²) < 4.78 is 4.70. The lowest BCUT2D eigenvalue weighted by molar-refractivity contribution is 0.400. The van der Waals surface area contributed by atoms with Crippen molar-refractivity contribution in [2.45, 2.75) is 0 Å². The topological polar surface area (TPSA) is 58.6 Å². The molecule has 1 rings (SSSR count). The summed E-state index contributed by atoms with van der Waals surface area (Å²) >= 11 is 0. The van der Waals surface area contributed by atoms with E-state index >= 15 is 0 Å². The summed E-state index contributed by atoms with van der Waals surface area (Å²) in [5.74, 6) is 0.105. The summed E-state index contributed by atoms with van der Waals surface area (Å²) in [6.07, 6.45) is 0. The molecule has 0 aromatic heterocycles. The first-order valence-corrected chi connectivity index (χ1v) is 3.39. The molecule has 0 aliphatic rings. The standard InChI is InChI=1S/C7H10N2O3/c1-9(2)8-4-5(10)6(11)7(4)12-3/h8H,1-3H3. The lowest BCUT2D eigenvalue weighted by Gasteiger charge is -2.16. The van der Waals surface area contributed by atoms with E-state index in [4.69, 9.17) is 4.74 Å². The third-order valence-corrected chi connectivity index (χ3v) is 1.41. The zero-order valence-corrected chi connectivity index (χ0v) is 7.17. The van der Waals surface area contributed by atoms with Gasteiger partial charge in [-0.1, -0.05) is 0 Å². The maximum atomic E-state index is 10.9. The Kier molecular flexibility index (Phi) is 2.14. The fourth-order valence-electron chi connectivity index (χ4n) is 0.891. The number of hydrazine groups is 1. The van der Waals surface area contributed by atoms with Crippen LogP contribution in [0.3, 0.4) is 0 Å². The molecule has 1 aromatic carbocycles. The minimum Gasteiger partial charge on any atom is -0.491 e. The number of hydrogen-bond acceptors (Lipinski definition) is 5. The lowest BCUT2D eigenvalue weighted by Crippen LogP contribution is -2.38. The maximum Gasteiger partial charge on any atom is 0.272 e. The van der Waals surface area contributed by atoms with Crippen LogP contribution in [0, 0.1) is 0 Å². The predicted molar refractivity (Wildman–Crippen MR) is 45.2 cm³/mol. The fraction of sp³-hybridized carbons (Fsp3) is 0.429. The van der Waals surface area contributed by atoms with E-state index in [1.54, 1.807) is 19.1 Å². The molecule has 0 heterocycles. The highest BCUT2D eigenvalue weighted by molar-refractivity contribution is 5.61. The highest BCUT2D eigenvalue weighted by atomic mass is 16.5. The smallest absolute Gasteiger partial charge is 0.272 e. The molecular weight excluding hydrogens is 160 g/mol. The maximum absolute atomic E-state index is 10.9. The van der Waals surface area contributed by atoms with E-state index in [0.29, 0.717) is 0 Å². The molecule has 0 unspecified atom stereocenters. The van der Waals surface area contributed by atoms with E-state index in [2.05, 4.69) is 5.43 Å². The van der Waals surface area contributed by atoms with Gasteiger partial charge in [0.1, 0.15) is 5.69 Å². The molecule has 0 atom stereocenters. The van der Waals surface area contributed by atoms with Gasteiger partial charge >= 0.3 is 0 Å². The zero-order valence-electron chi connectivity index (χ0n) is 7.17. The van der Waals surface area contributed by atoms with Crippen LogP contribution < -0.4 is 21.0 Å². The zero-order chi connectivity index (χ0) is 9.30. The highest BCUT2D eigenvalue weighted by Crippen LogP contribution is 2.15. The Bertz CT molecular complexity index is 349. The predicted octanol–water partition coefficient (Wildman–Crippen LogP) is -0.820. The Morgan fingerprint density at radius 2 is 1.83 bits per heavy atom. The van der Waals surface area contributed by atoms with Crippen LogP contribution >= 0.6 is 0 Å². The first-order valence-electron chi connectivity index (χ1n) is 3.39. The SMILES string of the molecule is COc1c(NN(C)C)c(=O)c1=O. The average Bonchev–Trinajstić information content (AvgIpc) is 2.03. The number of ether oxygens (including phenoxy) is 1. The van der Waals surface area contributed by atoms with Gasteiger partial charge in [-0.3, -0.25) is 9.59 Å². The third-order valence-electron chi connectivity index (χ3n) is 1.41. The molecule has 0 bridgehead atoms. The van der Waals surface area contributed by atoms with Crippen molar-refractivity contribution < 1.29 is 4.74 Å². The number of nitrogens with one attached hydrogen (secondary N) is 1. The van der Waals surface area contributed by atoms with Crippen LogP contribution in [0.25, 0.3) is 0 Å². The lowest BCUT2D eigenvalue weighted by atomic mass is 10.2. The van der Waals surface area contributed by atoms with Crippen molar-refractivity contribution in [1.29, 1.82) is 0 Å². The summed E-state index contributed by atoms with van der Waals surface area (Å²) in [6.45, 7) is 0. The molecule has 0 spiro atoms. The van der Waals surface area contributed by atoms with Gasteiger partial charge in [0.15, 0.2) is 5.75 Å². The summed E-state index contributed by atoms with van der Waals surface area (Å²) in [5.41, 5.74) is 1.81. The van der Waals surface area contributed by atoms with Crippen LogP contribution in [-0.2, 0) is 0 Å². The van der Waals surface area contributed by atoms with Gasteiger partial charge in [0.2, 0.25) is 0 Å². The van der Waals surface area contributed by atoms with Crippen molar-refractivity contribution in [3.8, 4) is 5.75 Å². The number of nitrogens with zero attached hydrogens (tertiary/aromatic N) is 1. The van der Waals surface area contributed by atoms with E-state index in [9.17, 15) is 9.59 Å². The van der Waals surface area contributed by atoms with Crippen LogP contribution in [0.1, 0.15) is 0 Å². The van der Waals surface area contributed by atoms with Crippen molar-refractivity contribution in [2.24, 2.45) is 0 Å². The van der Waals surface area contributed by atoms with Gasteiger partial charge in [-0.25, -0.2) is 5.01 Å². The van der Waals surface area contributed by atoms with Crippen LogP contribution in [0.4, 0.5) is 5.69 Å². The molecule has 0 saturated carbocycles. The van der Waals surface area contributed by atoms with Gasteiger partial charge in [0.25, 0.3) is 10.9 Å². The quantitative estimate of drug-likeness (QED) is 0.474. The van der Waals surface area contributed by atoms with E-state index in [1.165, 1.54) is 7.11 Å². The second-order valence-corrected chi connectivity index (χ2v) is 2.57. The van der Waals surface area contributed by atoms with Gasteiger partial charge in [-0.05, 0) is 0 Å². The molecule has 0 amide bonds. The van der Waals surface area contributed by atoms with Gasteiger partial charge in [0, 0.05) is 14.1 Å². The summed E-state index contributed by atoms with van der Waals surface area (Å²) in [5, 5.41) is 1.57. The first-order chi connectivity index (χ1) is 5.57. The largest absolute Gasteiger partial charge is 0.491 e. The van der Waals surface area contributed by atoms with E-state index in [1.807, 2.05) is 0 Å².